The summed E-state index contributed by atoms with van der Waals surface area (Å²) < 4.78 is 1.08. The summed E-state index contributed by atoms with van der Waals surface area (Å²) in [7, 11) is 0. The third kappa shape index (κ3) is 5.12. The first-order chi connectivity index (χ1) is 7.61. The van der Waals surface area contributed by atoms with Crippen molar-refractivity contribution in [2.75, 3.05) is 0 Å². The summed E-state index contributed by atoms with van der Waals surface area (Å²) in [5.74, 6) is 0.644. The Labute approximate surface area is 110 Å². The number of thiophene rings is 1. The van der Waals surface area contributed by atoms with Gasteiger partial charge in [0.05, 0.1) is 6.54 Å². The molecule has 0 radical (unpaired) electrons. The Kier molecular flexibility index (Phi) is 6.06. The number of amides is 1. The van der Waals surface area contributed by atoms with E-state index in [9.17, 15) is 4.79 Å². The first-order valence-corrected chi connectivity index (χ1v) is 7.28. The molecule has 0 fully saturated rings. The van der Waals surface area contributed by atoms with Crippen LogP contribution in [0, 0.1) is 5.92 Å². The fourth-order valence-electron chi connectivity index (χ4n) is 1.62. The molecular formula is C12H18BrNOS. The third-order valence-electron chi connectivity index (χ3n) is 2.40. The van der Waals surface area contributed by atoms with Gasteiger partial charge in [-0.3, -0.25) is 4.79 Å². The average Bonchev–Trinajstić information content (AvgIpc) is 2.61. The van der Waals surface area contributed by atoms with Crippen molar-refractivity contribution in [1.29, 1.82) is 0 Å². The van der Waals surface area contributed by atoms with Crippen molar-refractivity contribution in [3.63, 3.8) is 0 Å². The first kappa shape index (κ1) is 13.7. The van der Waals surface area contributed by atoms with E-state index in [2.05, 4.69) is 35.1 Å². The minimum absolute atomic E-state index is 0.158. The molecule has 1 aromatic heterocycles. The van der Waals surface area contributed by atoms with E-state index in [0.717, 1.165) is 17.3 Å². The Morgan fingerprint density at radius 2 is 2.38 bits per heavy atom. The second-order valence-corrected chi connectivity index (χ2v) is 6.02. The predicted molar refractivity (Wildman–Crippen MR) is 72.6 cm³/mol. The zero-order valence-corrected chi connectivity index (χ0v) is 12.2. The highest BCUT2D eigenvalue weighted by molar-refractivity contribution is 9.10. The van der Waals surface area contributed by atoms with Crippen LogP contribution in [0.25, 0.3) is 0 Å². The Morgan fingerprint density at radius 1 is 1.62 bits per heavy atom. The van der Waals surface area contributed by atoms with Crippen molar-refractivity contribution in [1.82, 2.24) is 5.32 Å². The molecule has 0 bridgehead atoms. The van der Waals surface area contributed by atoms with E-state index in [0.29, 0.717) is 18.9 Å². The van der Waals surface area contributed by atoms with Crippen LogP contribution in [-0.4, -0.2) is 5.91 Å². The SMILES string of the molecule is CCCC(C)CC(=O)NCc1cc(Br)cs1. The Bertz CT molecular complexity index is 338. The third-order valence-corrected chi connectivity index (χ3v) is 4.09. The van der Waals surface area contributed by atoms with E-state index in [1.54, 1.807) is 11.3 Å². The van der Waals surface area contributed by atoms with E-state index in [-0.39, 0.29) is 5.91 Å². The number of hydrogen-bond donors (Lipinski definition) is 1. The molecule has 90 valence electrons. The molecule has 2 nitrogen and oxygen atoms in total. The van der Waals surface area contributed by atoms with E-state index in [1.807, 2.05) is 11.4 Å². The Morgan fingerprint density at radius 3 is 2.94 bits per heavy atom. The molecule has 0 spiro atoms. The predicted octanol–water partition coefficient (Wildman–Crippen LogP) is 3.95. The van der Waals surface area contributed by atoms with Gasteiger partial charge in [0, 0.05) is 21.2 Å². The maximum absolute atomic E-state index is 11.6. The van der Waals surface area contributed by atoms with E-state index >= 15 is 0 Å². The van der Waals surface area contributed by atoms with Gasteiger partial charge in [0.15, 0.2) is 0 Å². The maximum atomic E-state index is 11.6. The fourth-order valence-corrected chi connectivity index (χ4v) is 3.01. The van der Waals surface area contributed by atoms with Gasteiger partial charge in [-0.05, 0) is 27.9 Å². The molecule has 1 unspecified atom stereocenters. The molecule has 0 saturated carbocycles. The molecule has 0 saturated heterocycles. The summed E-state index contributed by atoms with van der Waals surface area (Å²) in [6.45, 7) is 4.93. The van der Waals surface area contributed by atoms with Crippen LogP contribution in [0.5, 0.6) is 0 Å². The lowest BCUT2D eigenvalue weighted by Crippen LogP contribution is -2.24. The molecule has 1 atom stereocenters. The number of hydrogen-bond acceptors (Lipinski definition) is 2. The monoisotopic (exact) mass is 303 g/mol. The quantitative estimate of drug-likeness (QED) is 0.847. The van der Waals surface area contributed by atoms with E-state index < -0.39 is 0 Å². The zero-order chi connectivity index (χ0) is 12.0. The molecule has 1 heterocycles. The smallest absolute Gasteiger partial charge is 0.220 e. The standard InChI is InChI=1S/C12H18BrNOS/c1-3-4-9(2)5-12(15)14-7-11-6-10(13)8-16-11/h6,8-9H,3-5,7H2,1-2H3,(H,14,15). The van der Waals surface area contributed by atoms with Crippen LogP contribution in [0.4, 0.5) is 0 Å². The number of halogens is 1. The van der Waals surface area contributed by atoms with Crippen LogP contribution in [0.2, 0.25) is 0 Å². The van der Waals surface area contributed by atoms with Gasteiger partial charge in [-0.1, -0.05) is 26.7 Å². The summed E-state index contributed by atoms with van der Waals surface area (Å²) in [6, 6.07) is 2.04. The van der Waals surface area contributed by atoms with Crippen LogP contribution in [0.1, 0.15) is 38.0 Å². The van der Waals surface area contributed by atoms with Gasteiger partial charge in [-0.25, -0.2) is 0 Å². The second kappa shape index (κ2) is 7.07. The van der Waals surface area contributed by atoms with Crippen molar-refractivity contribution in [2.45, 2.75) is 39.7 Å². The molecule has 0 aromatic carbocycles. The van der Waals surface area contributed by atoms with Gasteiger partial charge < -0.3 is 5.32 Å². The van der Waals surface area contributed by atoms with Crippen molar-refractivity contribution in [3.05, 3.63) is 20.8 Å². The van der Waals surface area contributed by atoms with Crippen LogP contribution >= 0.6 is 27.3 Å². The van der Waals surface area contributed by atoms with Crippen molar-refractivity contribution in [3.8, 4) is 0 Å². The fraction of sp³-hybridized carbons (Fsp3) is 0.583. The highest BCUT2D eigenvalue weighted by Crippen LogP contribution is 2.19. The maximum Gasteiger partial charge on any atom is 0.220 e. The van der Waals surface area contributed by atoms with Crippen molar-refractivity contribution < 1.29 is 4.79 Å². The van der Waals surface area contributed by atoms with Crippen LogP contribution in [-0.2, 0) is 11.3 Å². The molecule has 1 amide bonds. The summed E-state index contributed by atoms with van der Waals surface area (Å²) in [6.07, 6.45) is 2.91. The summed E-state index contributed by atoms with van der Waals surface area (Å²) >= 11 is 5.06. The summed E-state index contributed by atoms with van der Waals surface area (Å²) in [5, 5.41) is 4.98. The highest BCUT2D eigenvalue weighted by Gasteiger charge is 2.08. The number of carbonyl (C=O) groups is 1. The van der Waals surface area contributed by atoms with Crippen LogP contribution < -0.4 is 5.32 Å². The summed E-state index contributed by atoms with van der Waals surface area (Å²) in [5.41, 5.74) is 0. The number of carbonyl (C=O) groups excluding carboxylic acids is 1. The molecule has 0 aliphatic rings. The largest absolute Gasteiger partial charge is 0.351 e. The normalized spacial score (nSPS) is 12.4. The molecule has 1 aromatic rings. The molecule has 16 heavy (non-hydrogen) atoms. The lowest BCUT2D eigenvalue weighted by Gasteiger charge is -2.09. The Hall–Kier alpha value is -0.350. The van der Waals surface area contributed by atoms with Crippen LogP contribution in [0.15, 0.2) is 15.9 Å². The lowest BCUT2D eigenvalue weighted by atomic mass is 10.0. The average molecular weight is 304 g/mol. The highest BCUT2D eigenvalue weighted by atomic mass is 79.9. The van der Waals surface area contributed by atoms with Crippen LogP contribution in [0.3, 0.4) is 0 Å². The molecule has 0 aliphatic heterocycles. The van der Waals surface area contributed by atoms with Gasteiger partial charge in [-0.2, -0.15) is 0 Å². The van der Waals surface area contributed by atoms with Gasteiger partial charge in [-0.15, -0.1) is 11.3 Å². The lowest BCUT2D eigenvalue weighted by molar-refractivity contribution is -0.122. The van der Waals surface area contributed by atoms with Gasteiger partial charge in [0.1, 0.15) is 0 Å². The van der Waals surface area contributed by atoms with Gasteiger partial charge >= 0.3 is 0 Å². The molecular weight excluding hydrogens is 286 g/mol. The zero-order valence-electron chi connectivity index (χ0n) is 9.75. The van der Waals surface area contributed by atoms with Gasteiger partial charge in [0.25, 0.3) is 0 Å². The van der Waals surface area contributed by atoms with Crippen molar-refractivity contribution in [2.24, 2.45) is 5.92 Å². The minimum Gasteiger partial charge on any atom is -0.351 e. The second-order valence-electron chi connectivity index (χ2n) is 4.11. The topological polar surface area (TPSA) is 29.1 Å². The molecule has 1 N–H and O–H groups in total. The van der Waals surface area contributed by atoms with Gasteiger partial charge in [0.2, 0.25) is 5.91 Å². The molecule has 0 aliphatic carbocycles. The van der Waals surface area contributed by atoms with E-state index in [4.69, 9.17) is 0 Å². The first-order valence-electron chi connectivity index (χ1n) is 5.61. The molecule has 4 heteroatoms. The Balaban J connectivity index is 2.25. The van der Waals surface area contributed by atoms with Crippen molar-refractivity contribution >= 4 is 33.2 Å². The van der Waals surface area contributed by atoms with E-state index in [1.165, 1.54) is 4.88 Å². The molecule has 1 rings (SSSR count). The summed E-state index contributed by atoms with van der Waals surface area (Å²) in [4.78, 5) is 12.8. The number of rotatable bonds is 6. The minimum atomic E-state index is 0.158. The number of nitrogens with one attached hydrogen (secondary N) is 1.